The van der Waals surface area contributed by atoms with Crippen LogP contribution in [0.25, 0.3) is 0 Å². The van der Waals surface area contributed by atoms with E-state index in [-0.39, 0.29) is 11.6 Å². The van der Waals surface area contributed by atoms with Crippen molar-refractivity contribution in [1.29, 1.82) is 0 Å². The third-order valence-electron chi connectivity index (χ3n) is 4.79. The summed E-state index contributed by atoms with van der Waals surface area (Å²) in [6.07, 6.45) is 3.90. The van der Waals surface area contributed by atoms with Gasteiger partial charge in [0, 0.05) is 16.6 Å². The molecule has 0 amide bonds. The Morgan fingerprint density at radius 1 is 1.22 bits per heavy atom. The molecule has 0 saturated carbocycles. The van der Waals surface area contributed by atoms with Gasteiger partial charge in [-0.1, -0.05) is 13.8 Å². The first-order valence-corrected chi connectivity index (χ1v) is 11.3. The van der Waals surface area contributed by atoms with Gasteiger partial charge in [0.05, 0.1) is 5.56 Å². The number of esters is 1. The summed E-state index contributed by atoms with van der Waals surface area (Å²) in [5, 5.41) is 3.40. The molecule has 1 heterocycles. The van der Waals surface area contributed by atoms with Crippen molar-refractivity contribution in [2.45, 2.75) is 45.1 Å². The van der Waals surface area contributed by atoms with Gasteiger partial charge in [-0.05, 0) is 119 Å². The maximum atomic E-state index is 12.9. The molecule has 0 radical (unpaired) electrons. The van der Waals surface area contributed by atoms with Gasteiger partial charge in [0.25, 0.3) is 0 Å². The predicted molar refractivity (Wildman–Crippen MR) is 119 cm³/mol. The molecule has 0 spiro atoms. The van der Waals surface area contributed by atoms with Crippen LogP contribution in [0, 0.1) is 16.6 Å². The molecule has 0 bridgehead atoms. The zero-order chi connectivity index (χ0) is 17.0. The van der Waals surface area contributed by atoms with E-state index in [0.29, 0.717) is 11.5 Å². The summed E-state index contributed by atoms with van der Waals surface area (Å²) < 4.78 is 9.33. The standard InChI is InChI=1S/C17H22I3NO2/c1-3-17(4-2,11-5-7-21-8-6-11)23-16(22)13-9-12(18)10-14(19)15(13)20/h9-11,21H,3-8H2,1-2H3. The molecule has 128 valence electrons. The Labute approximate surface area is 179 Å². The molecule has 0 atom stereocenters. The Morgan fingerprint density at radius 3 is 2.39 bits per heavy atom. The van der Waals surface area contributed by atoms with Gasteiger partial charge < -0.3 is 10.1 Å². The molecule has 1 aliphatic heterocycles. The van der Waals surface area contributed by atoms with Crippen LogP contribution in [-0.4, -0.2) is 24.7 Å². The van der Waals surface area contributed by atoms with Crippen molar-refractivity contribution in [3.63, 3.8) is 0 Å². The molecule has 1 aromatic rings. The third kappa shape index (κ3) is 4.72. The van der Waals surface area contributed by atoms with E-state index >= 15 is 0 Å². The highest BCUT2D eigenvalue weighted by atomic mass is 127. The molecule has 1 aliphatic rings. The number of hydrogen-bond donors (Lipinski definition) is 1. The summed E-state index contributed by atoms with van der Waals surface area (Å²) in [6, 6.07) is 4.02. The number of rotatable bonds is 5. The molecule has 3 nitrogen and oxygen atoms in total. The highest BCUT2D eigenvalue weighted by Crippen LogP contribution is 2.37. The van der Waals surface area contributed by atoms with E-state index in [4.69, 9.17) is 4.74 Å². The van der Waals surface area contributed by atoms with E-state index in [1.165, 1.54) is 0 Å². The lowest BCUT2D eigenvalue weighted by molar-refractivity contribution is -0.0641. The quantitative estimate of drug-likeness (QED) is 0.270. The zero-order valence-corrected chi connectivity index (χ0v) is 19.9. The van der Waals surface area contributed by atoms with Crippen LogP contribution in [0.1, 0.15) is 49.9 Å². The van der Waals surface area contributed by atoms with Gasteiger partial charge in [-0.2, -0.15) is 0 Å². The summed E-state index contributed by atoms with van der Waals surface area (Å²) in [6.45, 7) is 6.32. The molecule has 1 fully saturated rings. The first kappa shape index (κ1) is 20.2. The second kappa shape index (κ2) is 8.98. The van der Waals surface area contributed by atoms with E-state index in [0.717, 1.165) is 49.5 Å². The van der Waals surface area contributed by atoms with Crippen molar-refractivity contribution in [3.05, 3.63) is 28.4 Å². The van der Waals surface area contributed by atoms with Crippen molar-refractivity contribution in [3.8, 4) is 0 Å². The van der Waals surface area contributed by atoms with Gasteiger partial charge >= 0.3 is 5.97 Å². The maximum Gasteiger partial charge on any atom is 0.339 e. The van der Waals surface area contributed by atoms with Crippen LogP contribution in [0.2, 0.25) is 0 Å². The lowest BCUT2D eigenvalue weighted by Crippen LogP contribution is -2.46. The van der Waals surface area contributed by atoms with Gasteiger partial charge in [0.1, 0.15) is 5.60 Å². The largest absolute Gasteiger partial charge is 0.455 e. The van der Waals surface area contributed by atoms with Crippen molar-refractivity contribution in [2.75, 3.05) is 13.1 Å². The number of hydrogen-bond acceptors (Lipinski definition) is 3. The number of benzene rings is 1. The summed E-state index contributed by atoms with van der Waals surface area (Å²) in [7, 11) is 0. The number of piperidine rings is 1. The van der Waals surface area contributed by atoms with Crippen LogP contribution >= 0.6 is 67.8 Å². The number of ether oxygens (including phenoxy) is 1. The molecule has 0 aliphatic carbocycles. The van der Waals surface area contributed by atoms with Gasteiger partial charge in [0.2, 0.25) is 0 Å². The fraction of sp³-hybridized carbons (Fsp3) is 0.588. The van der Waals surface area contributed by atoms with Crippen LogP contribution in [-0.2, 0) is 4.74 Å². The third-order valence-corrected chi connectivity index (χ3v) is 8.46. The summed E-state index contributed by atoms with van der Waals surface area (Å²) in [5.41, 5.74) is 0.358. The number of carbonyl (C=O) groups excluding carboxylic acids is 1. The van der Waals surface area contributed by atoms with E-state index in [1.807, 2.05) is 6.07 Å². The molecule has 23 heavy (non-hydrogen) atoms. The lowest BCUT2D eigenvalue weighted by atomic mass is 9.77. The van der Waals surface area contributed by atoms with E-state index in [1.54, 1.807) is 0 Å². The van der Waals surface area contributed by atoms with Gasteiger partial charge in [0.15, 0.2) is 0 Å². The minimum atomic E-state index is -0.338. The molecular formula is C17H22I3NO2. The minimum Gasteiger partial charge on any atom is -0.455 e. The average molecular weight is 653 g/mol. The van der Waals surface area contributed by atoms with E-state index in [2.05, 4.69) is 93.0 Å². The highest BCUT2D eigenvalue weighted by molar-refractivity contribution is 14.1. The minimum absolute atomic E-state index is 0.173. The fourth-order valence-electron chi connectivity index (χ4n) is 3.35. The number of carbonyl (C=O) groups is 1. The van der Waals surface area contributed by atoms with Gasteiger partial charge in [-0.15, -0.1) is 0 Å². The van der Waals surface area contributed by atoms with Crippen molar-refractivity contribution < 1.29 is 9.53 Å². The zero-order valence-electron chi connectivity index (χ0n) is 13.4. The Balaban J connectivity index is 2.27. The second-order valence-corrected chi connectivity index (χ2v) is 9.42. The van der Waals surface area contributed by atoms with Crippen LogP contribution in [0.5, 0.6) is 0 Å². The monoisotopic (exact) mass is 653 g/mol. The summed E-state index contributed by atoms with van der Waals surface area (Å²) in [5.74, 6) is 0.273. The van der Waals surface area contributed by atoms with E-state index < -0.39 is 0 Å². The first-order chi connectivity index (χ1) is 10.9. The summed E-state index contributed by atoms with van der Waals surface area (Å²) in [4.78, 5) is 12.9. The fourth-order valence-corrected chi connectivity index (χ4v) is 5.72. The highest BCUT2D eigenvalue weighted by Gasteiger charge is 2.40. The number of halogens is 3. The smallest absolute Gasteiger partial charge is 0.339 e. The van der Waals surface area contributed by atoms with Gasteiger partial charge in [-0.3, -0.25) is 0 Å². The van der Waals surface area contributed by atoms with Crippen LogP contribution in [0.4, 0.5) is 0 Å². The maximum absolute atomic E-state index is 12.9. The number of nitrogens with one attached hydrogen (secondary N) is 1. The second-order valence-electron chi connectivity index (χ2n) is 5.93. The molecule has 6 heteroatoms. The topological polar surface area (TPSA) is 38.3 Å². The molecule has 0 unspecified atom stereocenters. The Hall–Kier alpha value is 0.840. The van der Waals surface area contributed by atoms with Crippen molar-refractivity contribution in [1.82, 2.24) is 5.32 Å². The Kier molecular flexibility index (Phi) is 7.87. The normalized spacial score (nSPS) is 16.4. The summed E-state index contributed by atoms with van der Waals surface area (Å²) >= 11 is 6.78. The molecule has 2 rings (SSSR count). The Morgan fingerprint density at radius 2 is 1.83 bits per heavy atom. The molecule has 1 N–H and O–H groups in total. The predicted octanol–water partition coefficient (Wildman–Crippen LogP) is 5.22. The van der Waals surface area contributed by atoms with Crippen LogP contribution < -0.4 is 5.32 Å². The van der Waals surface area contributed by atoms with Crippen molar-refractivity contribution >= 4 is 73.7 Å². The molecule has 1 saturated heterocycles. The average Bonchev–Trinajstić information content (AvgIpc) is 2.56. The van der Waals surface area contributed by atoms with Crippen molar-refractivity contribution in [2.24, 2.45) is 5.92 Å². The SMILES string of the molecule is CCC(CC)(OC(=O)c1cc(I)cc(I)c1I)C1CCNCC1. The Bertz CT molecular complexity index is 567. The first-order valence-electron chi connectivity index (χ1n) is 8.02. The lowest BCUT2D eigenvalue weighted by Gasteiger charge is -2.41. The van der Waals surface area contributed by atoms with E-state index in [9.17, 15) is 4.79 Å². The van der Waals surface area contributed by atoms with Gasteiger partial charge in [-0.25, -0.2) is 4.79 Å². The molecular weight excluding hydrogens is 631 g/mol. The van der Waals surface area contributed by atoms with Crippen LogP contribution in [0.15, 0.2) is 12.1 Å². The van der Waals surface area contributed by atoms with Crippen LogP contribution in [0.3, 0.4) is 0 Å². The molecule has 0 aromatic heterocycles. The molecule has 1 aromatic carbocycles.